The van der Waals surface area contributed by atoms with Crippen molar-refractivity contribution in [1.29, 1.82) is 0 Å². The Labute approximate surface area is 169 Å². The largest absolute Gasteiger partial charge is 0.417 e. The van der Waals surface area contributed by atoms with Gasteiger partial charge in [0, 0.05) is 25.9 Å². The Morgan fingerprint density at radius 2 is 1.07 bits per heavy atom. The molecule has 8 heteroatoms. The third-order valence-electron chi connectivity index (χ3n) is 6.06. The second-order valence-corrected chi connectivity index (χ2v) is 12.9. The molecule has 3 N–H and O–H groups in total. The number of aliphatic hydroxyl groups excluding tert-OH is 3. The molecule has 0 amide bonds. The van der Waals surface area contributed by atoms with Crippen LogP contribution in [-0.4, -0.2) is 86.7 Å². The van der Waals surface area contributed by atoms with Crippen molar-refractivity contribution in [1.82, 2.24) is 0 Å². The van der Waals surface area contributed by atoms with Gasteiger partial charge in [0.15, 0.2) is 8.32 Å². The van der Waals surface area contributed by atoms with Gasteiger partial charge in [-0.05, 0) is 44.3 Å². The summed E-state index contributed by atoms with van der Waals surface area (Å²) in [6.07, 6.45) is 3.76. The highest BCUT2D eigenvalue weighted by molar-refractivity contribution is 6.73. The van der Waals surface area contributed by atoms with Crippen LogP contribution in [0.15, 0.2) is 0 Å². The van der Waals surface area contributed by atoms with E-state index < -0.39 is 8.32 Å². The van der Waals surface area contributed by atoms with E-state index >= 15 is 0 Å². The van der Waals surface area contributed by atoms with Crippen LogP contribution in [0.1, 0.15) is 45.4 Å². The zero-order valence-electron chi connectivity index (χ0n) is 17.1. The molecule has 7 nitrogen and oxygen atoms in total. The van der Waals surface area contributed by atoms with Gasteiger partial charge in [0.2, 0.25) is 0 Å². The van der Waals surface area contributed by atoms with Crippen molar-refractivity contribution in [3.63, 3.8) is 0 Å². The van der Waals surface area contributed by atoms with Crippen LogP contribution in [0.4, 0.5) is 0 Å². The lowest BCUT2D eigenvalue weighted by Gasteiger charge is -2.33. The fourth-order valence-electron chi connectivity index (χ4n) is 4.06. The van der Waals surface area contributed by atoms with Gasteiger partial charge in [0.1, 0.15) is 0 Å². The second-order valence-electron chi connectivity index (χ2n) is 8.77. The van der Waals surface area contributed by atoms with E-state index in [0.29, 0.717) is 45.1 Å². The normalized spacial score (nSPS) is 31.1. The molecular formula is C20H38O7Si. The molecule has 0 aliphatic carbocycles. The van der Waals surface area contributed by atoms with Crippen molar-refractivity contribution in [2.75, 3.05) is 26.4 Å². The molecule has 0 spiro atoms. The molecule has 28 heavy (non-hydrogen) atoms. The average molecular weight is 419 g/mol. The molecule has 3 heterocycles. The summed E-state index contributed by atoms with van der Waals surface area (Å²) in [6, 6.07) is 2.57. The molecule has 3 rings (SSSR count). The van der Waals surface area contributed by atoms with Gasteiger partial charge in [-0.3, -0.25) is 0 Å². The van der Waals surface area contributed by atoms with Crippen molar-refractivity contribution >= 4 is 8.32 Å². The third kappa shape index (κ3) is 8.75. The average Bonchev–Trinajstić information content (AvgIpc) is 3.48. The van der Waals surface area contributed by atoms with E-state index in [9.17, 15) is 15.3 Å². The Hall–Kier alpha value is -0.0631. The molecule has 0 radical (unpaired) electrons. The molecular weight excluding hydrogens is 380 g/mol. The van der Waals surface area contributed by atoms with Crippen LogP contribution in [0.2, 0.25) is 18.1 Å². The molecule has 0 saturated carbocycles. The first-order valence-electron chi connectivity index (χ1n) is 11.0. The molecule has 0 aromatic rings. The first-order chi connectivity index (χ1) is 13.5. The maximum atomic E-state index is 10.4. The number of hydrogen-bond acceptors (Lipinski definition) is 7. The predicted octanol–water partition coefficient (Wildman–Crippen LogP) is 1.59. The van der Waals surface area contributed by atoms with Gasteiger partial charge >= 0.3 is 0 Å². The summed E-state index contributed by atoms with van der Waals surface area (Å²) >= 11 is 0. The molecule has 6 atom stereocenters. The van der Waals surface area contributed by atoms with E-state index in [1.807, 2.05) is 6.92 Å². The van der Waals surface area contributed by atoms with Crippen molar-refractivity contribution in [2.45, 2.75) is 100 Å². The van der Waals surface area contributed by atoms with E-state index in [0.717, 1.165) is 38.0 Å². The first-order valence-corrected chi connectivity index (χ1v) is 13.5. The molecule has 0 bridgehead atoms. The summed E-state index contributed by atoms with van der Waals surface area (Å²) in [4.78, 5) is 0. The van der Waals surface area contributed by atoms with Crippen LogP contribution in [0.3, 0.4) is 0 Å². The Morgan fingerprint density at radius 1 is 0.750 bits per heavy atom. The van der Waals surface area contributed by atoms with Crippen LogP contribution in [0.5, 0.6) is 0 Å². The molecule has 3 saturated heterocycles. The van der Waals surface area contributed by atoms with Gasteiger partial charge in [-0.15, -0.1) is 0 Å². The minimum atomic E-state index is -2.18. The maximum Gasteiger partial charge on any atom is 0.193 e. The number of epoxide rings is 3. The Morgan fingerprint density at radius 3 is 1.32 bits per heavy atom. The Balaban J connectivity index is 1.51. The van der Waals surface area contributed by atoms with E-state index in [1.165, 1.54) is 0 Å². The van der Waals surface area contributed by atoms with Crippen LogP contribution < -0.4 is 0 Å². The molecule has 3 aliphatic heterocycles. The summed E-state index contributed by atoms with van der Waals surface area (Å²) < 4.78 is 22.1. The lowest BCUT2D eigenvalue weighted by Crippen LogP contribution is -2.41. The van der Waals surface area contributed by atoms with E-state index in [2.05, 4.69) is 0 Å². The lowest BCUT2D eigenvalue weighted by atomic mass is 10.1. The summed E-state index contributed by atoms with van der Waals surface area (Å²) in [5, 5.41) is 31.1. The number of rotatable bonds is 17. The summed E-state index contributed by atoms with van der Waals surface area (Å²) in [5.74, 6) is 0. The van der Waals surface area contributed by atoms with Crippen molar-refractivity contribution in [3.8, 4) is 0 Å². The van der Waals surface area contributed by atoms with Gasteiger partial charge in [-0.1, -0.05) is 0 Å². The van der Waals surface area contributed by atoms with Crippen molar-refractivity contribution in [3.05, 3.63) is 0 Å². The highest BCUT2D eigenvalue weighted by Crippen LogP contribution is 2.33. The fourth-order valence-corrected chi connectivity index (χ4v) is 8.44. The minimum Gasteiger partial charge on any atom is -0.417 e. The molecule has 0 aromatic heterocycles. The molecule has 3 fully saturated rings. The topological polar surface area (TPSA) is 108 Å². The maximum absolute atomic E-state index is 10.4. The van der Waals surface area contributed by atoms with Gasteiger partial charge < -0.3 is 34.0 Å². The van der Waals surface area contributed by atoms with Crippen LogP contribution in [-0.2, 0) is 18.6 Å². The number of ether oxygens (including phenoxy) is 3. The fraction of sp³-hybridized carbons (Fsp3) is 1.00. The zero-order chi connectivity index (χ0) is 20.0. The predicted molar refractivity (Wildman–Crippen MR) is 107 cm³/mol. The van der Waals surface area contributed by atoms with Crippen molar-refractivity contribution in [2.24, 2.45) is 0 Å². The summed E-state index contributed by atoms with van der Waals surface area (Å²) in [7, 11) is -2.18. The van der Waals surface area contributed by atoms with Crippen LogP contribution >= 0.6 is 0 Å². The summed E-state index contributed by atoms with van der Waals surface area (Å²) in [6.45, 7) is 4.93. The quantitative estimate of drug-likeness (QED) is 0.243. The first kappa shape index (κ1) is 22.6. The zero-order valence-corrected chi connectivity index (χ0v) is 18.1. The van der Waals surface area contributed by atoms with Gasteiger partial charge in [0.25, 0.3) is 0 Å². The van der Waals surface area contributed by atoms with Gasteiger partial charge in [-0.2, -0.15) is 0 Å². The Kier molecular flexibility index (Phi) is 8.73. The van der Waals surface area contributed by atoms with E-state index in [1.54, 1.807) is 0 Å². The van der Waals surface area contributed by atoms with Crippen LogP contribution in [0.25, 0.3) is 0 Å². The number of aliphatic hydroxyl groups is 3. The van der Waals surface area contributed by atoms with Gasteiger partial charge in [0.05, 0.1) is 56.4 Å². The SMILES string of the molecule is CCO[Si](CCC(O)CC1CO1)(CCC(O)CC1CO1)CCC(O)CC1CO1. The standard InChI is InChI=1S/C20H38O7Si/c1-2-27-28(6-3-15(21)9-18-12-24-18,7-4-16(22)10-19-13-25-19)8-5-17(23)11-20-14-26-20/h15-23H,2-14H2,1H3. The smallest absolute Gasteiger partial charge is 0.193 e. The molecule has 3 aliphatic rings. The lowest BCUT2D eigenvalue weighted by molar-refractivity contribution is 0.137. The van der Waals surface area contributed by atoms with Gasteiger partial charge in [-0.25, -0.2) is 0 Å². The molecule has 6 unspecified atom stereocenters. The van der Waals surface area contributed by atoms with E-state index in [4.69, 9.17) is 18.6 Å². The minimum absolute atomic E-state index is 0.221. The Bertz CT molecular complexity index is 394. The second kappa shape index (κ2) is 10.8. The van der Waals surface area contributed by atoms with Crippen molar-refractivity contribution < 1.29 is 34.0 Å². The highest BCUT2D eigenvalue weighted by atomic mass is 28.4. The molecule has 0 aromatic carbocycles. The third-order valence-corrected chi connectivity index (χ3v) is 10.6. The van der Waals surface area contributed by atoms with E-state index in [-0.39, 0.29) is 36.6 Å². The summed E-state index contributed by atoms with van der Waals surface area (Å²) in [5.41, 5.74) is 0. The monoisotopic (exact) mass is 418 g/mol. The molecule has 164 valence electrons. The number of hydrogen-bond donors (Lipinski definition) is 3. The van der Waals surface area contributed by atoms with Crippen LogP contribution in [0, 0.1) is 0 Å². The highest BCUT2D eigenvalue weighted by Gasteiger charge is 2.38.